The van der Waals surface area contributed by atoms with E-state index in [9.17, 15) is 4.79 Å². The number of methoxy groups -OCH3 is 2. The normalized spacial score (nSPS) is 18.8. The number of hydrogen-bond donors (Lipinski definition) is 0. The van der Waals surface area contributed by atoms with E-state index in [-0.39, 0.29) is 12.0 Å². The van der Waals surface area contributed by atoms with Crippen LogP contribution in [0.3, 0.4) is 0 Å². The Morgan fingerprint density at radius 3 is 2.66 bits per heavy atom. The van der Waals surface area contributed by atoms with E-state index in [0.29, 0.717) is 17.0 Å². The van der Waals surface area contributed by atoms with E-state index in [1.165, 1.54) is 7.11 Å². The Balaban J connectivity index is 1.56. The molecule has 0 radical (unpaired) electrons. The molecule has 2 aliphatic heterocycles. The van der Waals surface area contributed by atoms with Crippen LogP contribution in [0.15, 0.2) is 71.8 Å². The molecule has 162 valence electrons. The first-order valence-corrected chi connectivity index (χ1v) is 10.6. The van der Waals surface area contributed by atoms with Gasteiger partial charge in [0.05, 0.1) is 31.5 Å². The summed E-state index contributed by atoms with van der Waals surface area (Å²) < 4.78 is 16.6. The SMILES string of the molecule is COC(=O)c1ccc([C@H]2Oc3ccc(Cl)cc3[C@H]3CC(c4cccc(OC)c4)=NN32)cc1. The van der Waals surface area contributed by atoms with Crippen LogP contribution in [0.25, 0.3) is 0 Å². The smallest absolute Gasteiger partial charge is 0.337 e. The molecular formula is C25H21ClN2O4. The quantitative estimate of drug-likeness (QED) is 0.501. The number of fused-ring (bicyclic) bond motifs is 3. The summed E-state index contributed by atoms with van der Waals surface area (Å²) in [5.41, 5.74) is 4.32. The first kappa shape index (κ1) is 20.4. The van der Waals surface area contributed by atoms with Crippen molar-refractivity contribution in [2.75, 3.05) is 14.2 Å². The number of benzene rings is 3. The summed E-state index contributed by atoms with van der Waals surface area (Å²) in [4.78, 5) is 11.8. The Bertz CT molecular complexity index is 1210. The van der Waals surface area contributed by atoms with Crippen molar-refractivity contribution in [1.29, 1.82) is 0 Å². The van der Waals surface area contributed by atoms with Gasteiger partial charge < -0.3 is 14.2 Å². The van der Waals surface area contributed by atoms with Crippen LogP contribution in [0.4, 0.5) is 0 Å². The number of hydrogen-bond acceptors (Lipinski definition) is 6. The van der Waals surface area contributed by atoms with Crippen molar-refractivity contribution in [3.05, 3.63) is 94.0 Å². The van der Waals surface area contributed by atoms with Crippen molar-refractivity contribution in [2.24, 2.45) is 5.10 Å². The molecule has 7 heteroatoms. The average Bonchev–Trinajstić information content (AvgIpc) is 3.29. The second-order valence-corrected chi connectivity index (χ2v) is 8.08. The highest BCUT2D eigenvalue weighted by atomic mass is 35.5. The Labute approximate surface area is 191 Å². The predicted molar refractivity (Wildman–Crippen MR) is 121 cm³/mol. The maximum absolute atomic E-state index is 11.8. The summed E-state index contributed by atoms with van der Waals surface area (Å²) in [6.07, 6.45) is 0.268. The second kappa shape index (κ2) is 8.20. The lowest BCUT2D eigenvalue weighted by atomic mass is 9.95. The van der Waals surface area contributed by atoms with Crippen molar-refractivity contribution < 1.29 is 19.0 Å². The van der Waals surface area contributed by atoms with Crippen LogP contribution in [0.2, 0.25) is 5.02 Å². The molecule has 0 amide bonds. The standard InChI is InChI=1S/C25H21ClN2O4/c1-30-19-5-3-4-17(12-19)21-14-22-20-13-18(26)10-11-23(20)32-24(28(22)27-21)15-6-8-16(9-7-15)25(29)31-2/h3-13,22,24H,14H2,1-2H3/t22-,24-/m1/s1. The van der Waals surface area contributed by atoms with E-state index in [1.807, 2.05) is 59.6 Å². The van der Waals surface area contributed by atoms with Gasteiger partial charge >= 0.3 is 5.97 Å². The monoisotopic (exact) mass is 448 g/mol. The third-order valence-electron chi connectivity index (χ3n) is 5.77. The summed E-state index contributed by atoms with van der Waals surface area (Å²) in [5, 5.41) is 7.58. The molecule has 3 aromatic carbocycles. The highest BCUT2D eigenvalue weighted by Crippen LogP contribution is 2.48. The molecule has 0 bridgehead atoms. The number of halogens is 1. The molecule has 2 atom stereocenters. The molecule has 2 heterocycles. The van der Waals surface area contributed by atoms with Crippen LogP contribution in [-0.4, -0.2) is 30.9 Å². The molecule has 2 aliphatic rings. The summed E-state index contributed by atoms with van der Waals surface area (Å²) in [6.45, 7) is 0. The first-order valence-electron chi connectivity index (χ1n) is 10.2. The van der Waals surface area contributed by atoms with Gasteiger partial charge in [0.25, 0.3) is 0 Å². The lowest BCUT2D eigenvalue weighted by Crippen LogP contribution is -2.33. The van der Waals surface area contributed by atoms with Crippen molar-refractivity contribution >= 4 is 23.3 Å². The third-order valence-corrected chi connectivity index (χ3v) is 6.01. The zero-order valence-electron chi connectivity index (χ0n) is 17.6. The molecule has 0 N–H and O–H groups in total. The van der Waals surface area contributed by atoms with Crippen LogP contribution < -0.4 is 9.47 Å². The topological polar surface area (TPSA) is 60.4 Å². The lowest BCUT2D eigenvalue weighted by Gasteiger charge is -2.38. The van der Waals surface area contributed by atoms with Crippen LogP contribution in [0.5, 0.6) is 11.5 Å². The molecule has 0 fully saturated rings. The summed E-state index contributed by atoms with van der Waals surface area (Å²) in [6, 6.07) is 20.7. The highest BCUT2D eigenvalue weighted by Gasteiger charge is 2.41. The average molecular weight is 449 g/mol. The van der Waals surface area contributed by atoms with Gasteiger partial charge in [-0.3, -0.25) is 0 Å². The molecule has 0 unspecified atom stereocenters. The largest absolute Gasteiger partial charge is 0.497 e. The van der Waals surface area contributed by atoms with Gasteiger partial charge in [-0.15, -0.1) is 0 Å². The van der Waals surface area contributed by atoms with Crippen LogP contribution >= 0.6 is 11.6 Å². The predicted octanol–water partition coefficient (Wildman–Crippen LogP) is 5.38. The second-order valence-electron chi connectivity index (χ2n) is 7.64. The minimum Gasteiger partial charge on any atom is -0.497 e. The number of carbonyl (C=O) groups is 1. The van der Waals surface area contributed by atoms with Crippen LogP contribution in [0, 0.1) is 0 Å². The molecule has 5 rings (SSSR count). The van der Waals surface area contributed by atoms with Crippen LogP contribution in [-0.2, 0) is 4.74 Å². The zero-order valence-corrected chi connectivity index (χ0v) is 18.4. The molecular weight excluding hydrogens is 428 g/mol. The Hall–Kier alpha value is -3.51. The van der Waals surface area contributed by atoms with E-state index in [4.69, 9.17) is 30.9 Å². The maximum Gasteiger partial charge on any atom is 0.337 e. The Morgan fingerprint density at radius 2 is 1.91 bits per heavy atom. The number of rotatable bonds is 4. The molecule has 3 aromatic rings. The number of ether oxygens (including phenoxy) is 3. The summed E-state index contributed by atoms with van der Waals surface area (Å²) in [7, 11) is 3.02. The molecule has 6 nitrogen and oxygen atoms in total. The zero-order chi connectivity index (χ0) is 22.2. The van der Waals surface area contributed by atoms with Crippen molar-refractivity contribution in [3.8, 4) is 11.5 Å². The number of hydrazone groups is 1. The molecule has 0 saturated heterocycles. The Kier molecular flexibility index (Phi) is 5.23. The molecule has 0 spiro atoms. The fraction of sp³-hybridized carbons (Fsp3) is 0.200. The summed E-state index contributed by atoms with van der Waals surface area (Å²) >= 11 is 6.30. The van der Waals surface area contributed by atoms with Crippen molar-refractivity contribution in [2.45, 2.75) is 18.7 Å². The Morgan fingerprint density at radius 1 is 1.09 bits per heavy atom. The molecule has 0 saturated carbocycles. The van der Waals surface area contributed by atoms with E-state index in [2.05, 4.69) is 0 Å². The number of esters is 1. The fourth-order valence-corrected chi connectivity index (χ4v) is 4.34. The van der Waals surface area contributed by atoms with E-state index >= 15 is 0 Å². The number of carbonyl (C=O) groups excluding carboxylic acids is 1. The minimum atomic E-state index is -0.441. The van der Waals surface area contributed by atoms with Gasteiger partial charge in [-0.25, -0.2) is 9.80 Å². The van der Waals surface area contributed by atoms with E-state index in [0.717, 1.165) is 33.9 Å². The van der Waals surface area contributed by atoms with Crippen LogP contribution in [0.1, 0.15) is 45.7 Å². The molecule has 32 heavy (non-hydrogen) atoms. The highest BCUT2D eigenvalue weighted by molar-refractivity contribution is 6.30. The molecule has 0 aliphatic carbocycles. The van der Waals surface area contributed by atoms with E-state index < -0.39 is 6.23 Å². The minimum absolute atomic E-state index is 0.0241. The van der Waals surface area contributed by atoms with Gasteiger partial charge in [0, 0.05) is 28.1 Å². The van der Waals surface area contributed by atoms with Gasteiger partial charge in [-0.2, -0.15) is 5.10 Å². The van der Waals surface area contributed by atoms with Gasteiger partial charge in [0.15, 0.2) is 0 Å². The van der Waals surface area contributed by atoms with E-state index in [1.54, 1.807) is 19.2 Å². The van der Waals surface area contributed by atoms with Crippen molar-refractivity contribution in [3.63, 3.8) is 0 Å². The van der Waals surface area contributed by atoms with Gasteiger partial charge in [0.1, 0.15) is 11.5 Å². The van der Waals surface area contributed by atoms with Crippen molar-refractivity contribution in [1.82, 2.24) is 5.01 Å². The third kappa shape index (κ3) is 3.56. The number of nitrogens with zero attached hydrogens (tertiary/aromatic N) is 2. The van der Waals surface area contributed by atoms with Gasteiger partial charge in [-0.05, 0) is 42.5 Å². The van der Waals surface area contributed by atoms with Gasteiger partial charge in [-0.1, -0.05) is 35.9 Å². The lowest BCUT2D eigenvalue weighted by molar-refractivity contribution is -0.0190. The molecule has 0 aromatic heterocycles. The maximum atomic E-state index is 11.8. The summed E-state index contributed by atoms with van der Waals surface area (Å²) in [5.74, 6) is 1.18. The fourth-order valence-electron chi connectivity index (χ4n) is 4.16. The first-order chi connectivity index (χ1) is 15.6. The van der Waals surface area contributed by atoms with Gasteiger partial charge in [0.2, 0.25) is 6.23 Å².